The molecular weight excluding hydrogens is 456 g/mol. The minimum absolute atomic E-state index is 0.0828. The van der Waals surface area contributed by atoms with Crippen LogP contribution < -0.4 is 15.5 Å². The van der Waals surface area contributed by atoms with Crippen molar-refractivity contribution in [2.75, 3.05) is 11.4 Å². The molecule has 1 aromatic carbocycles. The molecule has 188 valence electrons. The van der Waals surface area contributed by atoms with Gasteiger partial charge in [0.05, 0.1) is 24.7 Å². The summed E-state index contributed by atoms with van der Waals surface area (Å²) in [7, 11) is 0. The van der Waals surface area contributed by atoms with Gasteiger partial charge in [0.25, 0.3) is 5.91 Å². The van der Waals surface area contributed by atoms with Crippen molar-refractivity contribution in [3.05, 3.63) is 84.1 Å². The highest BCUT2D eigenvalue weighted by Crippen LogP contribution is 2.30. The third-order valence-corrected chi connectivity index (χ3v) is 6.46. The number of nitrogens with zero attached hydrogens (tertiary/aromatic N) is 2. The van der Waals surface area contributed by atoms with Crippen molar-refractivity contribution in [1.82, 2.24) is 15.6 Å². The van der Waals surface area contributed by atoms with Crippen molar-refractivity contribution < 1.29 is 18.8 Å². The van der Waals surface area contributed by atoms with Crippen LogP contribution in [0.2, 0.25) is 0 Å². The molecule has 1 aliphatic carbocycles. The zero-order valence-corrected chi connectivity index (χ0v) is 20.6. The van der Waals surface area contributed by atoms with Gasteiger partial charge in [-0.25, -0.2) is 0 Å². The highest BCUT2D eigenvalue weighted by molar-refractivity contribution is 6.04. The SMILES string of the molecule is CC(C)c1ccc([C@@H](C(=O)NC2CCCC2)N(C(=O)CNC(=O)c2ccco2)c2cccnc2)cc1. The maximum Gasteiger partial charge on any atom is 0.287 e. The van der Waals surface area contributed by atoms with Gasteiger partial charge in [-0.1, -0.05) is 51.0 Å². The van der Waals surface area contributed by atoms with Crippen LogP contribution in [-0.2, 0) is 9.59 Å². The molecule has 1 atom stereocenters. The monoisotopic (exact) mass is 488 g/mol. The molecule has 0 bridgehead atoms. The molecular formula is C28H32N4O4. The van der Waals surface area contributed by atoms with Gasteiger partial charge < -0.3 is 15.1 Å². The Bertz CT molecular complexity index is 1150. The van der Waals surface area contributed by atoms with Gasteiger partial charge in [0, 0.05) is 12.2 Å². The molecule has 8 heteroatoms. The third kappa shape index (κ3) is 6.00. The number of hydrogen-bond donors (Lipinski definition) is 2. The lowest BCUT2D eigenvalue weighted by molar-refractivity contribution is -0.126. The smallest absolute Gasteiger partial charge is 0.287 e. The third-order valence-electron chi connectivity index (χ3n) is 6.46. The molecule has 0 aliphatic heterocycles. The van der Waals surface area contributed by atoms with Crippen molar-refractivity contribution in [2.24, 2.45) is 0 Å². The summed E-state index contributed by atoms with van der Waals surface area (Å²) in [6, 6.07) is 13.5. The van der Waals surface area contributed by atoms with Crippen molar-refractivity contribution >= 4 is 23.4 Å². The molecule has 3 amide bonds. The van der Waals surface area contributed by atoms with Crippen LogP contribution in [0.5, 0.6) is 0 Å². The molecule has 0 saturated heterocycles. The number of furan rings is 1. The Morgan fingerprint density at radius 2 is 1.75 bits per heavy atom. The number of aromatic nitrogens is 1. The maximum atomic E-state index is 13.7. The summed E-state index contributed by atoms with van der Waals surface area (Å²) in [5.74, 6) is -0.767. The number of pyridine rings is 1. The number of hydrogen-bond acceptors (Lipinski definition) is 5. The van der Waals surface area contributed by atoms with E-state index in [4.69, 9.17) is 4.42 Å². The van der Waals surface area contributed by atoms with E-state index in [0.717, 1.165) is 31.2 Å². The van der Waals surface area contributed by atoms with Crippen molar-refractivity contribution in [3.63, 3.8) is 0 Å². The van der Waals surface area contributed by atoms with E-state index in [9.17, 15) is 14.4 Å². The van der Waals surface area contributed by atoms with E-state index in [1.165, 1.54) is 17.2 Å². The Kier molecular flexibility index (Phi) is 8.15. The average Bonchev–Trinajstić information content (AvgIpc) is 3.61. The second-order valence-electron chi connectivity index (χ2n) is 9.35. The minimum Gasteiger partial charge on any atom is -0.459 e. The van der Waals surface area contributed by atoms with Crippen LogP contribution in [0.25, 0.3) is 0 Å². The molecule has 1 fully saturated rings. The topological polar surface area (TPSA) is 105 Å². The van der Waals surface area contributed by atoms with E-state index >= 15 is 0 Å². The lowest BCUT2D eigenvalue weighted by Crippen LogP contribution is -2.49. The molecule has 8 nitrogen and oxygen atoms in total. The predicted octanol–water partition coefficient (Wildman–Crippen LogP) is 4.36. The summed E-state index contributed by atoms with van der Waals surface area (Å²) < 4.78 is 5.12. The van der Waals surface area contributed by atoms with E-state index in [0.29, 0.717) is 17.2 Å². The van der Waals surface area contributed by atoms with Crippen molar-refractivity contribution in [1.29, 1.82) is 0 Å². The highest BCUT2D eigenvalue weighted by Gasteiger charge is 2.34. The largest absolute Gasteiger partial charge is 0.459 e. The Morgan fingerprint density at radius 3 is 2.36 bits per heavy atom. The van der Waals surface area contributed by atoms with Crippen LogP contribution in [0.15, 0.2) is 71.6 Å². The maximum absolute atomic E-state index is 13.7. The van der Waals surface area contributed by atoms with Crippen LogP contribution >= 0.6 is 0 Å². The van der Waals surface area contributed by atoms with Gasteiger partial charge in [-0.15, -0.1) is 0 Å². The highest BCUT2D eigenvalue weighted by atomic mass is 16.3. The van der Waals surface area contributed by atoms with Crippen molar-refractivity contribution in [2.45, 2.75) is 57.5 Å². The van der Waals surface area contributed by atoms with Gasteiger partial charge in [-0.2, -0.15) is 0 Å². The number of carbonyl (C=O) groups is 3. The van der Waals surface area contributed by atoms with Crippen LogP contribution in [-0.4, -0.2) is 35.3 Å². The molecule has 0 unspecified atom stereocenters. The first kappa shape index (κ1) is 25.2. The number of anilines is 1. The molecule has 1 aliphatic rings. The van der Waals surface area contributed by atoms with E-state index in [-0.39, 0.29) is 24.3 Å². The standard InChI is InChI=1S/C28H32N4O4/c1-19(2)20-11-13-21(14-12-20)26(28(35)31-22-7-3-4-8-22)32(23-9-5-15-29-17-23)25(33)18-30-27(34)24-10-6-16-36-24/h5-6,9-17,19,22,26H,3-4,7-8,18H2,1-2H3,(H,30,34)(H,31,35)/t26-/m0/s1. The van der Waals surface area contributed by atoms with Gasteiger partial charge in [-0.3, -0.25) is 24.3 Å². The summed E-state index contributed by atoms with van der Waals surface area (Å²) in [5.41, 5.74) is 2.29. The summed E-state index contributed by atoms with van der Waals surface area (Å²) in [6.45, 7) is 3.89. The van der Waals surface area contributed by atoms with Gasteiger partial charge in [0.15, 0.2) is 5.76 Å². The molecule has 2 heterocycles. The molecule has 1 saturated carbocycles. The number of carbonyl (C=O) groups excluding carboxylic acids is 3. The van der Waals surface area contributed by atoms with E-state index in [2.05, 4.69) is 29.5 Å². The average molecular weight is 489 g/mol. The zero-order valence-electron chi connectivity index (χ0n) is 20.6. The molecule has 3 aromatic rings. The summed E-state index contributed by atoms with van der Waals surface area (Å²) in [5, 5.41) is 5.75. The van der Waals surface area contributed by atoms with Crippen molar-refractivity contribution in [3.8, 4) is 0 Å². The number of nitrogens with one attached hydrogen (secondary N) is 2. The molecule has 0 spiro atoms. The molecule has 36 heavy (non-hydrogen) atoms. The zero-order chi connectivity index (χ0) is 25.5. The fourth-order valence-corrected chi connectivity index (χ4v) is 4.50. The summed E-state index contributed by atoms with van der Waals surface area (Å²) in [4.78, 5) is 45.4. The van der Waals surface area contributed by atoms with Crippen LogP contribution in [0.3, 0.4) is 0 Å². The van der Waals surface area contributed by atoms with E-state index in [1.807, 2.05) is 24.3 Å². The Hall–Kier alpha value is -3.94. The predicted molar refractivity (Wildman–Crippen MR) is 136 cm³/mol. The number of rotatable bonds is 9. The molecule has 2 N–H and O–H groups in total. The van der Waals surface area contributed by atoms with Crippen LogP contribution in [0, 0.1) is 0 Å². The van der Waals surface area contributed by atoms with Gasteiger partial charge in [0.1, 0.15) is 6.04 Å². The first-order chi connectivity index (χ1) is 17.4. The number of amides is 3. The van der Waals surface area contributed by atoms with Gasteiger partial charge >= 0.3 is 0 Å². The first-order valence-corrected chi connectivity index (χ1v) is 12.4. The van der Waals surface area contributed by atoms with Gasteiger partial charge in [-0.05, 0) is 54.2 Å². The lowest BCUT2D eigenvalue weighted by atomic mass is 9.97. The second-order valence-corrected chi connectivity index (χ2v) is 9.35. The lowest BCUT2D eigenvalue weighted by Gasteiger charge is -2.32. The Labute approximate surface area is 211 Å². The number of benzene rings is 1. The normalized spacial score (nSPS) is 14.4. The summed E-state index contributed by atoms with van der Waals surface area (Å²) in [6.07, 6.45) is 8.53. The van der Waals surface area contributed by atoms with E-state index in [1.54, 1.807) is 30.6 Å². The molecule has 2 aromatic heterocycles. The second kappa shape index (κ2) is 11.7. The van der Waals surface area contributed by atoms with Gasteiger partial charge in [0.2, 0.25) is 11.8 Å². The van der Waals surface area contributed by atoms with E-state index < -0.39 is 17.9 Å². The minimum atomic E-state index is -0.927. The molecule has 4 rings (SSSR count). The molecule has 0 radical (unpaired) electrons. The quantitative estimate of drug-likeness (QED) is 0.466. The fourth-order valence-electron chi connectivity index (χ4n) is 4.50. The van der Waals surface area contributed by atoms with Crippen LogP contribution in [0.4, 0.5) is 5.69 Å². The first-order valence-electron chi connectivity index (χ1n) is 12.4. The van der Waals surface area contributed by atoms with Crippen LogP contribution in [0.1, 0.15) is 73.2 Å². The Balaban J connectivity index is 1.67. The Morgan fingerprint density at radius 1 is 1.03 bits per heavy atom. The summed E-state index contributed by atoms with van der Waals surface area (Å²) >= 11 is 0. The fraction of sp³-hybridized carbons (Fsp3) is 0.357.